The highest BCUT2D eigenvalue weighted by Crippen LogP contribution is 2.39. The number of anilines is 1. The first-order valence-electron chi connectivity index (χ1n) is 38.1. The van der Waals surface area contributed by atoms with Crippen molar-refractivity contribution in [2.45, 2.75) is 206 Å². The van der Waals surface area contributed by atoms with Crippen molar-refractivity contribution in [3.05, 3.63) is 90.1 Å². The van der Waals surface area contributed by atoms with Gasteiger partial charge in [-0.3, -0.25) is 29.0 Å². The summed E-state index contributed by atoms with van der Waals surface area (Å²) in [4.78, 5) is 98.3. The number of Topliss-reactive ketones (excluding diaryl/α,β-unsaturated/α-hetero) is 3. The lowest BCUT2D eigenvalue weighted by Gasteiger charge is -2.42. The molecule has 4 aliphatic heterocycles. The van der Waals surface area contributed by atoms with Crippen LogP contribution in [-0.4, -0.2) is 216 Å². The summed E-state index contributed by atoms with van der Waals surface area (Å²) in [7, 11) is 6.25. The van der Waals surface area contributed by atoms with Crippen LogP contribution in [0.1, 0.15) is 145 Å². The lowest BCUT2D eigenvalue weighted by Crippen LogP contribution is -2.61. The number of nitrogen functional groups attached to an aromatic ring is 1. The number of aromatic amines is 1. The lowest BCUT2D eigenvalue weighted by atomic mass is 9.78. The summed E-state index contributed by atoms with van der Waals surface area (Å²) in [6, 6.07) is 6.63. The maximum Gasteiger partial charge on any atom is 0.329 e. The zero-order chi connectivity index (χ0) is 76.9. The molecule has 8 N–H and O–H groups in total. The number of aromatic nitrogens is 5. The summed E-state index contributed by atoms with van der Waals surface area (Å²) in [6.45, 7) is 15.9. The summed E-state index contributed by atoms with van der Waals surface area (Å²) in [5, 5.41) is 35.2. The van der Waals surface area contributed by atoms with E-state index in [-0.39, 0.29) is 79.8 Å². The fourth-order valence-corrected chi connectivity index (χ4v) is 15.2. The van der Waals surface area contributed by atoms with E-state index < -0.39 is 77.8 Å². The number of allylic oxidation sites excluding steroid dienone is 6. The number of esters is 1. The van der Waals surface area contributed by atoms with E-state index in [1.54, 1.807) is 48.2 Å². The fraction of sp³-hybridized carbons (Fsp3) is 0.633. The van der Waals surface area contributed by atoms with Crippen LogP contribution in [0.5, 0.6) is 5.75 Å². The molecule has 9 rings (SSSR count). The zero-order valence-corrected chi connectivity index (χ0v) is 64.3. The molecule has 107 heavy (non-hydrogen) atoms. The number of H-pyrrole nitrogens is 1. The number of fused-ring (bicyclic) bond motifs is 5. The molecule has 5 aliphatic rings. The van der Waals surface area contributed by atoms with Gasteiger partial charge >= 0.3 is 5.97 Å². The molecule has 4 aromatic rings. The van der Waals surface area contributed by atoms with Crippen molar-refractivity contribution in [2.75, 3.05) is 86.8 Å². The highest BCUT2D eigenvalue weighted by molar-refractivity contribution is 6.39. The van der Waals surface area contributed by atoms with Gasteiger partial charge in [-0.15, -0.1) is 5.53 Å². The molecule has 2 amide bonds. The van der Waals surface area contributed by atoms with Crippen molar-refractivity contribution < 1.29 is 81.6 Å². The van der Waals surface area contributed by atoms with Crippen LogP contribution in [0.2, 0.25) is 0 Å². The Morgan fingerprint density at radius 2 is 1.67 bits per heavy atom. The van der Waals surface area contributed by atoms with Crippen molar-refractivity contribution in [1.29, 1.82) is 0 Å². The Bertz CT molecular complexity index is 3810. The molecule has 1 aromatic carbocycles. The molecule has 1 aliphatic carbocycles. The van der Waals surface area contributed by atoms with Crippen LogP contribution in [-0.2, 0) is 73.2 Å². The summed E-state index contributed by atoms with van der Waals surface area (Å²) >= 11 is 0. The number of unbranched alkanes of at least 4 members (excludes halogenated alkanes) is 1. The molecule has 28 heteroatoms. The zero-order valence-electron chi connectivity index (χ0n) is 64.3. The van der Waals surface area contributed by atoms with Gasteiger partial charge in [-0.25, -0.2) is 19.4 Å². The number of piperidine rings is 1. The average molecular weight is 1490 g/mol. The molecule has 0 radical (unpaired) electrons. The number of aryl methyl sites for hydroxylation is 1. The maximum absolute atomic E-state index is 14.8. The van der Waals surface area contributed by atoms with Gasteiger partial charge in [0.2, 0.25) is 11.7 Å². The van der Waals surface area contributed by atoms with Crippen molar-refractivity contribution in [3.63, 3.8) is 0 Å². The van der Waals surface area contributed by atoms with Crippen LogP contribution in [0, 0.1) is 35.5 Å². The van der Waals surface area contributed by atoms with Gasteiger partial charge < -0.3 is 79.2 Å². The Hall–Kier alpha value is -7.77. The smallest absolute Gasteiger partial charge is 0.329 e. The number of nitrogens with two attached hydrogens (primary N) is 1. The number of carbonyl (C=O) groups excluding carboxylic acids is 6. The minimum Gasteiger partial charge on any atom is -0.497 e. The Balaban J connectivity index is 0.732. The molecule has 588 valence electrons. The number of aliphatic hydroxyl groups is 2. The van der Waals surface area contributed by atoms with Gasteiger partial charge in [-0.2, -0.15) is 5.10 Å². The van der Waals surface area contributed by atoms with Gasteiger partial charge in [-0.05, 0) is 144 Å². The summed E-state index contributed by atoms with van der Waals surface area (Å²) < 4.78 is 55.7. The molecule has 28 nitrogen and oxygen atoms in total. The van der Waals surface area contributed by atoms with E-state index in [1.165, 1.54) is 18.3 Å². The second kappa shape index (κ2) is 40.1. The first-order chi connectivity index (χ1) is 51.4. The number of aliphatic hydroxyl groups excluding tert-OH is 1. The monoisotopic (exact) mass is 1490 g/mol. The molecular formula is C79H115N11O17. The number of benzene rings is 1. The minimum absolute atomic E-state index is 0.00647. The molecule has 15 atom stereocenters. The summed E-state index contributed by atoms with van der Waals surface area (Å²) in [5.41, 5.74) is 17.6. The van der Waals surface area contributed by atoms with Crippen molar-refractivity contribution in [2.24, 2.45) is 35.5 Å². The van der Waals surface area contributed by atoms with Crippen molar-refractivity contribution in [1.82, 2.24) is 50.9 Å². The van der Waals surface area contributed by atoms with E-state index in [4.69, 9.17) is 53.5 Å². The third-order valence-electron chi connectivity index (χ3n) is 21.7. The Labute approximate surface area is 628 Å². The van der Waals surface area contributed by atoms with Crippen LogP contribution in [0.15, 0.2) is 90.1 Å². The highest BCUT2D eigenvalue weighted by atomic mass is 16.6. The molecule has 3 fully saturated rings. The van der Waals surface area contributed by atoms with Gasteiger partial charge in [-0.1, -0.05) is 71.1 Å². The molecule has 2 bridgehead atoms. The van der Waals surface area contributed by atoms with E-state index in [0.29, 0.717) is 132 Å². The van der Waals surface area contributed by atoms with Gasteiger partial charge in [0.05, 0.1) is 87.9 Å². The number of ketones is 3. The van der Waals surface area contributed by atoms with Gasteiger partial charge in [0.1, 0.15) is 53.7 Å². The fourth-order valence-electron chi connectivity index (χ4n) is 15.2. The second-order valence-corrected chi connectivity index (χ2v) is 29.7. The van der Waals surface area contributed by atoms with Gasteiger partial charge in [0.15, 0.2) is 11.4 Å². The van der Waals surface area contributed by atoms with E-state index in [9.17, 15) is 39.0 Å². The first-order valence-corrected chi connectivity index (χ1v) is 38.1. The molecule has 3 aromatic heterocycles. The number of amides is 2. The van der Waals surface area contributed by atoms with E-state index >= 15 is 0 Å². The number of hydrogen-bond acceptors (Lipinski definition) is 24. The number of cyclic esters (lactones) is 1. The minimum atomic E-state index is -2.47. The number of nitrogens with one attached hydrogen (secondary N) is 4. The SMILES string of the molecule is COc1ccc2[nH]c(-c3nn(CCCCNC(=O)CCOCCN4C=C(COCCO[C@@H]5CC[C@@H](C[C@@H](C)[C@@H]6CC(=O)[C@H](C)/C=C(\C)[C@@H](O)[C@@H](OC)C(=O)[C@H](C)C[C@H](C)/C=C/C=C/C=C(\C)[C@@H](OC)C[C@@H]7CC[C@@H](C)[C@@](O)(O7)C(=O)C(=O)N7CCCC[C@H]7C(=O)O6)C[C@H]5OC)NN4)c4ncnc(N)c34)cc2c1. The van der Waals surface area contributed by atoms with E-state index in [1.807, 2.05) is 98.2 Å². The predicted molar refractivity (Wildman–Crippen MR) is 402 cm³/mol. The second-order valence-electron chi connectivity index (χ2n) is 29.7. The number of hydrazine groups is 2. The van der Waals surface area contributed by atoms with Crippen molar-refractivity contribution in [3.8, 4) is 17.1 Å². The summed E-state index contributed by atoms with van der Waals surface area (Å²) in [5.74, 6) is -7.27. The standard InChI is InChI=1S/C79H115N11O17/c1-48-19-13-12-14-20-49(2)65(100-9)43-59-24-22-54(7)79(98,107-59)74(95)77(96)89-30-17-15-21-62(89)78(97)106-66(44-63(91)50(3)38-53(6)72(94)73(102-11)71(93)52(5)37-48)51(4)39-55-23-27-64(67(40-55)101-10)105-36-35-104-46-57-45-88(87-85-57)32-34-103-33-28-68(92)81-29-16-18-31-90-76-69(75(80)82-47-83-76)70(86-90)61-42-56-41-58(99-8)25-26-60(56)84-61/h12-14,19-20,25-26,38,41-42,45,47-48,50-52,54-55,59,62,64-67,72-73,84-85,87,94,98H,15-18,21-24,27-37,39-40,43-44,46H2,1-11H3,(H,81,92)(H2,80,82,83)/b14-12+,19-13+,49-20+,53-38+/t48-,50-,51-,52-,54-,55+,59+,62+,64-,65+,66+,67-,72-,73+,79-/m1/s1. The quantitative estimate of drug-likeness (QED) is 0.0142. The Morgan fingerprint density at radius 1 is 0.860 bits per heavy atom. The number of ether oxygens (including phenoxy) is 9. The molecule has 7 heterocycles. The van der Waals surface area contributed by atoms with Gasteiger partial charge in [0, 0.05) is 95.1 Å². The van der Waals surface area contributed by atoms with Crippen LogP contribution in [0.3, 0.4) is 0 Å². The number of methoxy groups -OCH3 is 4. The molecule has 0 unspecified atom stereocenters. The number of carbonyl (C=O) groups is 6. The average Bonchev–Trinajstić information content (AvgIpc) is 1.71. The Kier molecular flexibility index (Phi) is 31.2. The highest BCUT2D eigenvalue weighted by Gasteiger charge is 2.53. The van der Waals surface area contributed by atoms with Crippen LogP contribution < -0.4 is 26.7 Å². The van der Waals surface area contributed by atoms with Crippen LogP contribution in [0.4, 0.5) is 5.82 Å². The van der Waals surface area contributed by atoms with E-state index in [2.05, 4.69) is 31.2 Å². The lowest BCUT2D eigenvalue weighted by molar-refractivity contribution is -0.265. The first kappa shape index (κ1) is 83.3. The number of hydrogen-bond donors (Lipinski definition) is 7. The van der Waals surface area contributed by atoms with Crippen molar-refractivity contribution >= 4 is 62.9 Å². The van der Waals surface area contributed by atoms with Crippen LogP contribution >= 0.6 is 0 Å². The third kappa shape index (κ3) is 22.2. The van der Waals surface area contributed by atoms with Gasteiger partial charge in [0.25, 0.3) is 11.7 Å². The normalized spacial score (nSPS) is 29.9. The molecule has 0 spiro atoms. The molecule has 2 saturated heterocycles. The number of nitrogens with zero attached hydrogens (tertiary/aromatic N) is 6. The molecular weight excluding hydrogens is 1370 g/mol. The Morgan fingerprint density at radius 3 is 2.45 bits per heavy atom. The van der Waals surface area contributed by atoms with E-state index in [0.717, 1.165) is 52.9 Å². The predicted octanol–water partition coefficient (Wildman–Crippen LogP) is 8.27. The third-order valence-corrected chi connectivity index (χ3v) is 21.7. The topological polar surface area (TPSA) is 354 Å². The summed E-state index contributed by atoms with van der Waals surface area (Å²) in [6.07, 6.45) is 16.5. The maximum atomic E-state index is 14.8. The van der Waals surface area contributed by atoms with Crippen LogP contribution in [0.25, 0.3) is 33.3 Å². The molecule has 1 saturated carbocycles. The number of rotatable bonds is 25. The largest absolute Gasteiger partial charge is 0.497 e.